The highest BCUT2D eigenvalue weighted by Crippen LogP contribution is 2.08. The minimum atomic E-state index is -1.11. The maximum Gasteiger partial charge on any atom is 0.326 e. The van der Waals surface area contributed by atoms with Gasteiger partial charge in [-0.2, -0.15) is 0 Å². The lowest BCUT2D eigenvalue weighted by Crippen LogP contribution is -2.55. The van der Waals surface area contributed by atoms with E-state index in [9.17, 15) is 19.5 Å². The Balaban J connectivity index is 2.73. The number of carboxylic acids is 1. The fourth-order valence-corrected chi connectivity index (χ4v) is 2.72. The molecule has 3 atom stereocenters. The molecule has 1 aliphatic heterocycles. The van der Waals surface area contributed by atoms with E-state index >= 15 is 0 Å². The molecule has 1 fully saturated rings. The zero-order chi connectivity index (χ0) is 19.7. The fourth-order valence-electron chi connectivity index (χ4n) is 2.72. The first-order valence-corrected chi connectivity index (χ1v) is 8.84. The van der Waals surface area contributed by atoms with Gasteiger partial charge < -0.3 is 32.5 Å². The van der Waals surface area contributed by atoms with E-state index in [-0.39, 0.29) is 23.8 Å². The van der Waals surface area contributed by atoms with Gasteiger partial charge in [0.2, 0.25) is 11.8 Å². The van der Waals surface area contributed by atoms with Crippen LogP contribution in [0.5, 0.6) is 0 Å². The van der Waals surface area contributed by atoms with Gasteiger partial charge in [-0.15, -0.1) is 0 Å². The lowest BCUT2D eigenvalue weighted by Gasteiger charge is -2.24. The first kappa shape index (κ1) is 21.7. The number of aliphatic imine (C=N–C) groups is 1. The van der Waals surface area contributed by atoms with Crippen molar-refractivity contribution in [2.45, 2.75) is 57.7 Å². The van der Waals surface area contributed by atoms with Gasteiger partial charge in [0.1, 0.15) is 12.1 Å². The number of aliphatic carboxylic acids is 1. The SMILES string of the molecule is CC(C)[C@H](NC(=O)[C@H](CCCN=C(N)N)NC(=O)[C@@H]1CCCN1)C(=O)O. The van der Waals surface area contributed by atoms with Gasteiger partial charge in [-0.3, -0.25) is 14.6 Å². The van der Waals surface area contributed by atoms with Crippen LogP contribution in [0.2, 0.25) is 0 Å². The third kappa shape index (κ3) is 7.26. The minimum Gasteiger partial charge on any atom is -0.480 e. The molecule has 0 spiro atoms. The molecule has 2 amide bonds. The Bertz CT molecular complexity index is 527. The molecule has 26 heavy (non-hydrogen) atoms. The lowest BCUT2D eigenvalue weighted by molar-refractivity contribution is -0.143. The van der Waals surface area contributed by atoms with Gasteiger partial charge >= 0.3 is 5.97 Å². The van der Waals surface area contributed by atoms with E-state index in [0.717, 1.165) is 13.0 Å². The molecule has 10 nitrogen and oxygen atoms in total. The third-order valence-electron chi connectivity index (χ3n) is 4.19. The standard InChI is InChI=1S/C16H30N6O4/c1-9(2)12(15(25)26)22-14(24)11(6-4-8-20-16(17)18)21-13(23)10-5-3-7-19-10/h9-12,19H,3-8H2,1-2H3,(H,21,23)(H,22,24)(H,25,26)(H4,17,18,20)/t10-,11-,12-/m0/s1. The molecule has 0 bridgehead atoms. The second-order valence-corrected chi connectivity index (χ2v) is 6.73. The number of nitrogens with one attached hydrogen (secondary N) is 3. The molecule has 8 N–H and O–H groups in total. The Morgan fingerprint density at radius 1 is 1.27 bits per heavy atom. The number of guanidine groups is 1. The number of hydrogen-bond donors (Lipinski definition) is 6. The van der Waals surface area contributed by atoms with Crippen molar-refractivity contribution in [1.82, 2.24) is 16.0 Å². The molecule has 0 aliphatic carbocycles. The van der Waals surface area contributed by atoms with Gasteiger partial charge in [0.15, 0.2) is 5.96 Å². The van der Waals surface area contributed by atoms with Crippen LogP contribution in [0.1, 0.15) is 39.5 Å². The van der Waals surface area contributed by atoms with Crippen LogP contribution in [0.4, 0.5) is 0 Å². The molecular weight excluding hydrogens is 340 g/mol. The van der Waals surface area contributed by atoms with Gasteiger partial charge in [0.25, 0.3) is 0 Å². The fraction of sp³-hybridized carbons (Fsp3) is 0.750. The molecule has 0 radical (unpaired) electrons. The monoisotopic (exact) mass is 370 g/mol. The van der Waals surface area contributed by atoms with Crippen molar-refractivity contribution in [2.75, 3.05) is 13.1 Å². The summed E-state index contributed by atoms with van der Waals surface area (Å²) in [6.07, 6.45) is 2.37. The van der Waals surface area contributed by atoms with Gasteiger partial charge in [-0.25, -0.2) is 4.79 Å². The van der Waals surface area contributed by atoms with Crippen molar-refractivity contribution in [3.05, 3.63) is 0 Å². The predicted octanol–water partition coefficient (Wildman–Crippen LogP) is -1.50. The predicted molar refractivity (Wildman–Crippen MR) is 97.3 cm³/mol. The molecule has 0 unspecified atom stereocenters. The van der Waals surface area contributed by atoms with Crippen molar-refractivity contribution in [3.8, 4) is 0 Å². The first-order chi connectivity index (χ1) is 12.2. The first-order valence-electron chi connectivity index (χ1n) is 8.84. The topological polar surface area (TPSA) is 172 Å². The number of hydrogen-bond acceptors (Lipinski definition) is 5. The Labute approximate surface area is 153 Å². The van der Waals surface area contributed by atoms with E-state index < -0.39 is 24.0 Å². The van der Waals surface area contributed by atoms with Crippen molar-refractivity contribution >= 4 is 23.7 Å². The van der Waals surface area contributed by atoms with Crippen molar-refractivity contribution in [2.24, 2.45) is 22.4 Å². The third-order valence-corrected chi connectivity index (χ3v) is 4.19. The van der Waals surface area contributed by atoms with Crippen LogP contribution >= 0.6 is 0 Å². The number of carboxylic acid groups (broad SMARTS) is 1. The quantitative estimate of drug-likeness (QED) is 0.154. The lowest BCUT2D eigenvalue weighted by atomic mass is 10.0. The number of carbonyl (C=O) groups is 3. The van der Waals surface area contributed by atoms with Gasteiger partial charge in [-0.1, -0.05) is 13.8 Å². The number of nitrogens with two attached hydrogens (primary N) is 2. The molecule has 10 heteroatoms. The van der Waals surface area contributed by atoms with Gasteiger partial charge in [-0.05, 0) is 38.1 Å². The minimum absolute atomic E-state index is 0.0454. The zero-order valence-corrected chi connectivity index (χ0v) is 15.3. The Morgan fingerprint density at radius 2 is 1.96 bits per heavy atom. The van der Waals surface area contributed by atoms with E-state index in [0.29, 0.717) is 25.8 Å². The summed E-state index contributed by atoms with van der Waals surface area (Å²) in [5.74, 6) is -2.23. The molecule has 1 aliphatic rings. The Hall–Kier alpha value is -2.36. The molecule has 1 saturated heterocycles. The summed E-state index contributed by atoms with van der Waals surface area (Å²) in [5.41, 5.74) is 10.5. The highest BCUT2D eigenvalue weighted by Gasteiger charge is 2.30. The van der Waals surface area contributed by atoms with Crippen LogP contribution < -0.4 is 27.4 Å². The van der Waals surface area contributed by atoms with Crippen LogP contribution in [0, 0.1) is 5.92 Å². The van der Waals surface area contributed by atoms with E-state index in [1.54, 1.807) is 13.8 Å². The highest BCUT2D eigenvalue weighted by atomic mass is 16.4. The van der Waals surface area contributed by atoms with E-state index in [2.05, 4.69) is 20.9 Å². The molecule has 1 rings (SSSR count). The van der Waals surface area contributed by atoms with Crippen LogP contribution in [-0.2, 0) is 14.4 Å². The smallest absolute Gasteiger partial charge is 0.326 e. The number of amides is 2. The Kier molecular flexibility index (Phi) is 8.83. The molecule has 0 aromatic rings. The molecule has 0 saturated carbocycles. The Morgan fingerprint density at radius 3 is 2.46 bits per heavy atom. The van der Waals surface area contributed by atoms with Crippen molar-refractivity contribution in [3.63, 3.8) is 0 Å². The second kappa shape index (κ2) is 10.6. The van der Waals surface area contributed by atoms with Crippen LogP contribution in [-0.4, -0.2) is 60.1 Å². The van der Waals surface area contributed by atoms with Gasteiger partial charge in [0, 0.05) is 6.54 Å². The average Bonchev–Trinajstić information content (AvgIpc) is 3.08. The summed E-state index contributed by atoms with van der Waals surface area (Å²) >= 11 is 0. The molecule has 148 valence electrons. The maximum atomic E-state index is 12.5. The van der Waals surface area contributed by atoms with E-state index in [4.69, 9.17) is 11.5 Å². The molecule has 0 aromatic carbocycles. The van der Waals surface area contributed by atoms with E-state index in [1.807, 2.05) is 0 Å². The van der Waals surface area contributed by atoms with Crippen LogP contribution in [0.3, 0.4) is 0 Å². The van der Waals surface area contributed by atoms with E-state index in [1.165, 1.54) is 0 Å². The summed E-state index contributed by atoms with van der Waals surface area (Å²) in [4.78, 5) is 40.0. The molecular formula is C16H30N6O4. The second-order valence-electron chi connectivity index (χ2n) is 6.73. The largest absolute Gasteiger partial charge is 0.480 e. The van der Waals surface area contributed by atoms with Crippen molar-refractivity contribution in [1.29, 1.82) is 0 Å². The number of rotatable bonds is 10. The average molecular weight is 370 g/mol. The zero-order valence-electron chi connectivity index (χ0n) is 15.3. The molecule has 0 aromatic heterocycles. The summed E-state index contributed by atoms with van der Waals surface area (Å²) < 4.78 is 0. The van der Waals surface area contributed by atoms with Gasteiger partial charge in [0.05, 0.1) is 6.04 Å². The summed E-state index contributed by atoms with van der Waals surface area (Å²) in [6, 6.07) is -2.20. The highest BCUT2D eigenvalue weighted by molar-refractivity contribution is 5.92. The van der Waals surface area contributed by atoms with Crippen LogP contribution in [0.15, 0.2) is 4.99 Å². The summed E-state index contributed by atoms with van der Waals surface area (Å²) in [6.45, 7) is 4.48. The normalized spacial score (nSPS) is 18.8. The number of nitrogens with zero attached hydrogens (tertiary/aromatic N) is 1. The van der Waals surface area contributed by atoms with Crippen molar-refractivity contribution < 1.29 is 19.5 Å². The van der Waals surface area contributed by atoms with Crippen LogP contribution in [0.25, 0.3) is 0 Å². The summed E-state index contributed by atoms with van der Waals surface area (Å²) in [5, 5.41) is 17.5. The number of carbonyl (C=O) groups excluding carboxylic acids is 2. The maximum absolute atomic E-state index is 12.5. The molecule has 1 heterocycles. The summed E-state index contributed by atoms with van der Waals surface area (Å²) in [7, 11) is 0.